The van der Waals surface area contributed by atoms with Gasteiger partial charge in [0.05, 0.1) is 6.04 Å². The standard InChI is InChI=1S/C16H20N4O2/c1-9(2)15-7-14(20-22-15)16(21)19-13-6-4-5-12-11(13)8-17-10(3)18-12/h7-9,13H,4-6H2,1-3H3,(H,19,21). The molecule has 0 spiro atoms. The van der Waals surface area contributed by atoms with Gasteiger partial charge in [0.15, 0.2) is 5.69 Å². The molecule has 2 heterocycles. The van der Waals surface area contributed by atoms with Crippen molar-refractivity contribution in [3.63, 3.8) is 0 Å². The van der Waals surface area contributed by atoms with Gasteiger partial charge in [-0.05, 0) is 26.2 Å². The third-order valence-electron chi connectivity index (χ3n) is 3.94. The minimum Gasteiger partial charge on any atom is -0.360 e. The molecule has 1 N–H and O–H groups in total. The van der Waals surface area contributed by atoms with Crippen molar-refractivity contribution in [1.29, 1.82) is 0 Å². The van der Waals surface area contributed by atoms with Gasteiger partial charge in [0, 0.05) is 29.4 Å². The van der Waals surface area contributed by atoms with Crippen LogP contribution in [0, 0.1) is 6.92 Å². The van der Waals surface area contributed by atoms with Crippen molar-refractivity contribution in [2.24, 2.45) is 0 Å². The largest absolute Gasteiger partial charge is 0.360 e. The number of rotatable bonds is 3. The number of aromatic nitrogens is 3. The first-order valence-corrected chi connectivity index (χ1v) is 7.64. The van der Waals surface area contributed by atoms with Crippen LogP contribution in [0.25, 0.3) is 0 Å². The molecule has 2 aromatic rings. The summed E-state index contributed by atoms with van der Waals surface area (Å²) in [5, 5.41) is 6.88. The summed E-state index contributed by atoms with van der Waals surface area (Å²) in [6, 6.07) is 1.64. The zero-order valence-electron chi connectivity index (χ0n) is 13.1. The first kappa shape index (κ1) is 14.7. The second kappa shape index (κ2) is 5.87. The summed E-state index contributed by atoms with van der Waals surface area (Å²) >= 11 is 0. The lowest BCUT2D eigenvalue weighted by atomic mass is 9.92. The van der Waals surface area contributed by atoms with E-state index in [4.69, 9.17) is 4.52 Å². The quantitative estimate of drug-likeness (QED) is 0.942. The molecular weight excluding hydrogens is 280 g/mol. The van der Waals surface area contributed by atoms with Crippen molar-refractivity contribution < 1.29 is 9.32 Å². The highest BCUT2D eigenvalue weighted by Gasteiger charge is 2.25. The lowest BCUT2D eigenvalue weighted by molar-refractivity contribution is 0.0923. The zero-order chi connectivity index (χ0) is 15.7. The highest BCUT2D eigenvalue weighted by Crippen LogP contribution is 2.28. The molecule has 3 rings (SSSR count). The van der Waals surface area contributed by atoms with Gasteiger partial charge in [-0.3, -0.25) is 4.79 Å². The molecule has 0 aromatic carbocycles. The van der Waals surface area contributed by atoms with Crippen LogP contribution < -0.4 is 5.32 Å². The Balaban J connectivity index is 1.77. The summed E-state index contributed by atoms with van der Waals surface area (Å²) in [4.78, 5) is 21.1. The maximum Gasteiger partial charge on any atom is 0.273 e. The Hall–Kier alpha value is -2.24. The Bertz CT molecular complexity index is 693. The fourth-order valence-corrected chi connectivity index (χ4v) is 2.70. The maximum absolute atomic E-state index is 12.4. The molecule has 0 saturated heterocycles. The number of nitrogens with zero attached hydrogens (tertiary/aromatic N) is 3. The van der Waals surface area contributed by atoms with Crippen molar-refractivity contribution in [2.45, 2.75) is 52.0 Å². The number of amides is 1. The molecule has 0 radical (unpaired) electrons. The molecule has 6 heteroatoms. The lowest BCUT2D eigenvalue weighted by Gasteiger charge is -2.25. The Labute approximate surface area is 129 Å². The van der Waals surface area contributed by atoms with Gasteiger partial charge in [0.25, 0.3) is 5.91 Å². The van der Waals surface area contributed by atoms with E-state index in [1.165, 1.54) is 0 Å². The van der Waals surface area contributed by atoms with E-state index in [9.17, 15) is 4.79 Å². The average molecular weight is 300 g/mol. The zero-order valence-corrected chi connectivity index (χ0v) is 13.1. The molecular formula is C16H20N4O2. The van der Waals surface area contributed by atoms with Crippen molar-refractivity contribution in [2.75, 3.05) is 0 Å². The molecule has 0 saturated carbocycles. The highest BCUT2D eigenvalue weighted by atomic mass is 16.5. The number of hydrogen-bond donors (Lipinski definition) is 1. The highest BCUT2D eigenvalue weighted by molar-refractivity contribution is 5.92. The van der Waals surface area contributed by atoms with E-state index in [1.54, 1.807) is 6.07 Å². The van der Waals surface area contributed by atoms with Crippen LogP contribution in [0.1, 0.15) is 72.0 Å². The van der Waals surface area contributed by atoms with Crippen LogP contribution >= 0.6 is 0 Å². The lowest BCUT2D eigenvalue weighted by Crippen LogP contribution is -2.31. The third kappa shape index (κ3) is 2.86. The molecule has 6 nitrogen and oxygen atoms in total. The van der Waals surface area contributed by atoms with Crippen molar-refractivity contribution >= 4 is 5.91 Å². The van der Waals surface area contributed by atoms with Crippen LogP contribution in [0.3, 0.4) is 0 Å². The van der Waals surface area contributed by atoms with E-state index in [0.717, 1.165) is 36.3 Å². The number of carbonyl (C=O) groups excluding carboxylic acids is 1. The van der Waals surface area contributed by atoms with Gasteiger partial charge in [-0.1, -0.05) is 19.0 Å². The molecule has 0 fully saturated rings. The Kier molecular flexibility index (Phi) is 3.92. The SMILES string of the molecule is Cc1ncc2c(n1)CCCC2NC(=O)c1cc(C(C)C)on1. The molecule has 116 valence electrons. The Morgan fingerprint density at radius 1 is 1.45 bits per heavy atom. The first-order valence-electron chi connectivity index (χ1n) is 7.64. The topological polar surface area (TPSA) is 80.9 Å². The van der Waals surface area contributed by atoms with E-state index in [-0.39, 0.29) is 17.9 Å². The molecule has 1 atom stereocenters. The summed E-state index contributed by atoms with van der Waals surface area (Å²) in [6.45, 7) is 5.88. The van der Waals surface area contributed by atoms with Gasteiger partial charge in [-0.2, -0.15) is 0 Å². The van der Waals surface area contributed by atoms with Crippen LogP contribution in [0.2, 0.25) is 0 Å². The van der Waals surface area contributed by atoms with Gasteiger partial charge >= 0.3 is 0 Å². The van der Waals surface area contributed by atoms with Crippen molar-refractivity contribution in [3.05, 3.63) is 40.8 Å². The molecule has 22 heavy (non-hydrogen) atoms. The molecule has 0 bridgehead atoms. The van der Waals surface area contributed by atoms with Crippen LogP contribution in [-0.4, -0.2) is 21.0 Å². The van der Waals surface area contributed by atoms with Gasteiger partial charge in [-0.25, -0.2) is 9.97 Å². The van der Waals surface area contributed by atoms with Crippen molar-refractivity contribution in [3.8, 4) is 0 Å². The first-order chi connectivity index (χ1) is 10.5. The maximum atomic E-state index is 12.4. The van der Waals surface area contributed by atoms with E-state index in [0.29, 0.717) is 11.5 Å². The van der Waals surface area contributed by atoms with Crippen LogP contribution in [0.4, 0.5) is 0 Å². The van der Waals surface area contributed by atoms with Gasteiger partial charge < -0.3 is 9.84 Å². The summed E-state index contributed by atoms with van der Waals surface area (Å²) in [5.41, 5.74) is 2.37. The van der Waals surface area contributed by atoms with Gasteiger partial charge in [-0.15, -0.1) is 0 Å². The second-order valence-corrected chi connectivity index (χ2v) is 6.01. The van der Waals surface area contributed by atoms with Crippen molar-refractivity contribution in [1.82, 2.24) is 20.4 Å². The number of nitrogens with one attached hydrogen (secondary N) is 1. The number of fused-ring (bicyclic) bond motifs is 1. The monoisotopic (exact) mass is 300 g/mol. The summed E-state index contributed by atoms with van der Waals surface area (Å²) in [5.74, 6) is 1.48. The minimum absolute atomic E-state index is 0.0592. The normalized spacial score (nSPS) is 17.4. The molecule has 1 unspecified atom stereocenters. The van der Waals surface area contributed by atoms with Gasteiger partial charge in [0.2, 0.25) is 0 Å². The Morgan fingerprint density at radius 2 is 2.27 bits per heavy atom. The second-order valence-electron chi connectivity index (χ2n) is 6.01. The molecule has 1 aliphatic carbocycles. The predicted molar refractivity (Wildman–Crippen MR) is 80.5 cm³/mol. The van der Waals surface area contributed by atoms with E-state index in [1.807, 2.05) is 27.0 Å². The number of hydrogen-bond acceptors (Lipinski definition) is 5. The summed E-state index contributed by atoms with van der Waals surface area (Å²) < 4.78 is 5.19. The summed E-state index contributed by atoms with van der Waals surface area (Å²) in [6.07, 6.45) is 4.65. The average Bonchev–Trinajstić information content (AvgIpc) is 2.97. The van der Waals surface area contributed by atoms with Gasteiger partial charge in [0.1, 0.15) is 11.6 Å². The van der Waals surface area contributed by atoms with Crippen LogP contribution in [0.5, 0.6) is 0 Å². The number of carbonyl (C=O) groups is 1. The predicted octanol–water partition coefficient (Wildman–Crippen LogP) is 2.70. The minimum atomic E-state index is -0.214. The summed E-state index contributed by atoms with van der Waals surface area (Å²) in [7, 11) is 0. The molecule has 0 aliphatic heterocycles. The molecule has 2 aromatic heterocycles. The fourth-order valence-electron chi connectivity index (χ4n) is 2.70. The Morgan fingerprint density at radius 3 is 3.00 bits per heavy atom. The van der Waals surface area contributed by atoms with E-state index >= 15 is 0 Å². The fraction of sp³-hybridized carbons (Fsp3) is 0.500. The van der Waals surface area contributed by atoms with Crippen LogP contribution in [-0.2, 0) is 6.42 Å². The number of aryl methyl sites for hydroxylation is 2. The third-order valence-corrected chi connectivity index (χ3v) is 3.94. The molecule has 1 aliphatic rings. The van der Waals surface area contributed by atoms with E-state index < -0.39 is 0 Å². The van der Waals surface area contributed by atoms with Crippen LogP contribution in [0.15, 0.2) is 16.8 Å². The van der Waals surface area contributed by atoms with E-state index in [2.05, 4.69) is 20.4 Å². The molecule has 1 amide bonds. The smallest absolute Gasteiger partial charge is 0.273 e.